The van der Waals surface area contributed by atoms with Crippen LogP contribution >= 0.6 is 0 Å². The summed E-state index contributed by atoms with van der Waals surface area (Å²) < 4.78 is 0. The van der Waals surface area contributed by atoms with E-state index >= 15 is 0 Å². The van der Waals surface area contributed by atoms with Crippen LogP contribution in [0.2, 0.25) is 0 Å². The molecule has 0 unspecified atom stereocenters. The molecular weight excluding hydrogens is 142 g/mol. The quantitative estimate of drug-likeness (QED) is 0.605. The molecule has 2 amide bonds. The number of nitriles is 1. The minimum absolute atomic E-state index is 0.134. The smallest absolute Gasteiger partial charge is 0.317 e. The Labute approximate surface area is 66.8 Å². The average molecular weight is 155 g/mol. The lowest BCUT2D eigenvalue weighted by atomic mass is 10.5. The summed E-state index contributed by atoms with van der Waals surface area (Å²) in [4.78, 5) is 12.3. The van der Waals surface area contributed by atoms with E-state index in [0.29, 0.717) is 6.54 Å². The first-order chi connectivity index (χ1) is 5.22. The van der Waals surface area contributed by atoms with Crippen molar-refractivity contribution >= 4 is 6.03 Å². The van der Waals surface area contributed by atoms with Crippen molar-refractivity contribution < 1.29 is 4.79 Å². The maximum atomic E-state index is 11.0. The Morgan fingerprint density at radius 1 is 1.73 bits per heavy atom. The van der Waals surface area contributed by atoms with E-state index in [4.69, 9.17) is 5.26 Å². The van der Waals surface area contributed by atoms with Crippen LogP contribution in [0.3, 0.4) is 0 Å². The van der Waals surface area contributed by atoms with E-state index in [-0.39, 0.29) is 12.6 Å². The number of nitrogens with one attached hydrogen (secondary N) is 1. The Hall–Kier alpha value is -1.24. The van der Waals surface area contributed by atoms with Gasteiger partial charge >= 0.3 is 6.03 Å². The van der Waals surface area contributed by atoms with E-state index in [0.717, 1.165) is 6.42 Å². The van der Waals surface area contributed by atoms with E-state index in [2.05, 4.69) is 5.32 Å². The van der Waals surface area contributed by atoms with Gasteiger partial charge in [0.2, 0.25) is 0 Å². The molecule has 0 spiro atoms. The van der Waals surface area contributed by atoms with Gasteiger partial charge in [-0.25, -0.2) is 4.79 Å². The second-order valence-electron chi connectivity index (χ2n) is 2.25. The van der Waals surface area contributed by atoms with Crippen LogP contribution < -0.4 is 5.32 Å². The molecule has 0 aliphatic heterocycles. The molecule has 0 heterocycles. The molecule has 62 valence electrons. The van der Waals surface area contributed by atoms with Crippen molar-refractivity contribution in [3.8, 4) is 6.07 Å². The first-order valence-corrected chi connectivity index (χ1v) is 3.58. The third kappa shape index (κ3) is 4.20. The van der Waals surface area contributed by atoms with Crippen LogP contribution in [0.4, 0.5) is 4.79 Å². The molecule has 0 aromatic heterocycles. The Kier molecular flexibility index (Phi) is 4.91. The van der Waals surface area contributed by atoms with Crippen molar-refractivity contribution in [3.63, 3.8) is 0 Å². The normalized spacial score (nSPS) is 8.45. The summed E-state index contributed by atoms with van der Waals surface area (Å²) in [6.45, 7) is 2.77. The third-order valence-corrected chi connectivity index (χ3v) is 1.18. The molecule has 4 heteroatoms. The van der Waals surface area contributed by atoms with Crippen molar-refractivity contribution in [2.24, 2.45) is 0 Å². The molecule has 0 fully saturated rings. The number of nitrogens with zero attached hydrogens (tertiary/aromatic N) is 2. The number of carbonyl (C=O) groups excluding carboxylic acids is 1. The van der Waals surface area contributed by atoms with Gasteiger partial charge in [-0.2, -0.15) is 5.26 Å². The minimum Gasteiger partial charge on any atom is -0.338 e. The summed E-state index contributed by atoms with van der Waals surface area (Å²) >= 11 is 0. The van der Waals surface area contributed by atoms with Gasteiger partial charge in [0.05, 0.1) is 6.07 Å². The zero-order chi connectivity index (χ0) is 8.69. The maximum Gasteiger partial charge on any atom is 0.317 e. The summed E-state index contributed by atoms with van der Waals surface area (Å²) in [5, 5.41) is 10.9. The summed E-state index contributed by atoms with van der Waals surface area (Å²) in [6, 6.07) is 1.70. The molecule has 1 N–H and O–H groups in total. The van der Waals surface area contributed by atoms with Crippen LogP contribution in [0.15, 0.2) is 0 Å². The molecule has 0 saturated heterocycles. The molecule has 0 bridgehead atoms. The van der Waals surface area contributed by atoms with Gasteiger partial charge in [-0.1, -0.05) is 6.92 Å². The first kappa shape index (κ1) is 9.76. The predicted molar refractivity (Wildman–Crippen MR) is 41.9 cm³/mol. The summed E-state index contributed by atoms with van der Waals surface area (Å²) in [5.74, 6) is 0. The molecule has 0 aromatic rings. The van der Waals surface area contributed by atoms with Gasteiger partial charge in [-0.3, -0.25) is 0 Å². The van der Waals surface area contributed by atoms with Crippen LogP contribution in [0.25, 0.3) is 0 Å². The molecule has 0 aromatic carbocycles. The lowest BCUT2D eigenvalue weighted by Gasteiger charge is -2.13. The highest BCUT2D eigenvalue weighted by Gasteiger charge is 2.04. The number of carbonyl (C=O) groups is 1. The molecule has 0 saturated carbocycles. The molecule has 0 aliphatic rings. The van der Waals surface area contributed by atoms with Crippen LogP contribution in [0.1, 0.15) is 13.3 Å². The van der Waals surface area contributed by atoms with E-state index in [1.807, 2.05) is 13.0 Å². The van der Waals surface area contributed by atoms with E-state index < -0.39 is 0 Å². The van der Waals surface area contributed by atoms with E-state index in [9.17, 15) is 4.79 Å². The third-order valence-electron chi connectivity index (χ3n) is 1.18. The number of rotatable bonds is 3. The average Bonchev–Trinajstić information content (AvgIpc) is 2.00. The standard InChI is InChI=1S/C7H13N3O/c1-3-5-9-7(11)10(2)6-4-8/h3,5-6H2,1-2H3,(H,9,11). The van der Waals surface area contributed by atoms with Crippen LogP contribution in [-0.2, 0) is 0 Å². The van der Waals surface area contributed by atoms with Crippen molar-refractivity contribution in [1.29, 1.82) is 5.26 Å². The van der Waals surface area contributed by atoms with E-state index in [1.165, 1.54) is 4.90 Å². The molecule has 0 rings (SSSR count). The van der Waals surface area contributed by atoms with Gasteiger partial charge in [-0.05, 0) is 6.42 Å². The topological polar surface area (TPSA) is 56.1 Å². The Bertz CT molecular complexity index is 162. The fourth-order valence-electron chi connectivity index (χ4n) is 0.545. The van der Waals surface area contributed by atoms with Crippen molar-refractivity contribution in [1.82, 2.24) is 10.2 Å². The maximum absolute atomic E-state index is 11.0. The monoisotopic (exact) mass is 155 g/mol. The van der Waals surface area contributed by atoms with Gasteiger partial charge in [-0.15, -0.1) is 0 Å². The molecule has 11 heavy (non-hydrogen) atoms. The van der Waals surface area contributed by atoms with Gasteiger partial charge < -0.3 is 10.2 Å². The van der Waals surface area contributed by atoms with E-state index in [1.54, 1.807) is 7.05 Å². The second-order valence-corrected chi connectivity index (χ2v) is 2.25. The van der Waals surface area contributed by atoms with Crippen molar-refractivity contribution in [2.45, 2.75) is 13.3 Å². The molecule has 0 aliphatic carbocycles. The number of amides is 2. The summed E-state index contributed by atoms with van der Waals surface area (Å²) in [7, 11) is 1.59. The fourth-order valence-corrected chi connectivity index (χ4v) is 0.545. The van der Waals surface area contributed by atoms with Crippen LogP contribution in [0.5, 0.6) is 0 Å². The van der Waals surface area contributed by atoms with Crippen LogP contribution in [0, 0.1) is 11.3 Å². The van der Waals surface area contributed by atoms with Gasteiger partial charge in [0.15, 0.2) is 0 Å². The van der Waals surface area contributed by atoms with Crippen LogP contribution in [-0.4, -0.2) is 31.1 Å². The Morgan fingerprint density at radius 3 is 2.82 bits per heavy atom. The zero-order valence-corrected chi connectivity index (χ0v) is 6.92. The Morgan fingerprint density at radius 2 is 2.36 bits per heavy atom. The fraction of sp³-hybridized carbons (Fsp3) is 0.714. The van der Waals surface area contributed by atoms with Crippen molar-refractivity contribution in [2.75, 3.05) is 20.1 Å². The highest BCUT2D eigenvalue weighted by molar-refractivity contribution is 5.73. The first-order valence-electron chi connectivity index (χ1n) is 3.58. The van der Waals surface area contributed by atoms with Gasteiger partial charge in [0.1, 0.15) is 6.54 Å². The highest BCUT2D eigenvalue weighted by atomic mass is 16.2. The highest BCUT2D eigenvalue weighted by Crippen LogP contribution is 1.82. The molecule has 0 radical (unpaired) electrons. The summed E-state index contributed by atoms with van der Waals surface area (Å²) in [5.41, 5.74) is 0. The number of hydrogen-bond acceptors (Lipinski definition) is 2. The number of urea groups is 1. The molecular formula is C7H13N3O. The predicted octanol–water partition coefficient (Wildman–Crippen LogP) is 0.561. The number of hydrogen-bond donors (Lipinski definition) is 1. The lowest BCUT2D eigenvalue weighted by molar-refractivity contribution is 0.213. The zero-order valence-electron chi connectivity index (χ0n) is 6.92. The Balaban J connectivity index is 3.57. The largest absolute Gasteiger partial charge is 0.338 e. The summed E-state index contributed by atoms with van der Waals surface area (Å²) in [6.07, 6.45) is 0.909. The minimum atomic E-state index is -0.187. The lowest BCUT2D eigenvalue weighted by Crippen LogP contribution is -2.37. The van der Waals surface area contributed by atoms with Crippen molar-refractivity contribution in [3.05, 3.63) is 0 Å². The van der Waals surface area contributed by atoms with Gasteiger partial charge in [0.25, 0.3) is 0 Å². The molecule has 4 nitrogen and oxygen atoms in total. The SMILES string of the molecule is CCCNC(=O)N(C)CC#N. The second kappa shape index (κ2) is 5.54. The van der Waals surface area contributed by atoms with Gasteiger partial charge in [0, 0.05) is 13.6 Å². The molecule has 0 atom stereocenters.